The summed E-state index contributed by atoms with van der Waals surface area (Å²) in [5, 5.41) is 8.32. The number of rotatable bonds is 7. The molecule has 0 atom stereocenters. The molecule has 124 valence electrons. The van der Waals surface area contributed by atoms with Gasteiger partial charge in [0.1, 0.15) is 5.69 Å². The number of nitrogens with two attached hydrogens (primary N) is 1. The van der Waals surface area contributed by atoms with Crippen LogP contribution in [0.4, 0.5) is 5.88 Å². The van der Waals surface area contributed by atoms with Crippen LogP contribution < -0.4 is 11.1 Å². The van der Waals surface area contributed by atoms with Crippen molar-refractivity contribution in [2.24, 2.45) is 5.73 Å². The third kappa shape index (κ3) is 3.78. The Labute approximate surface area is 146 Å². The molecule has 1 heterocycles. The van der Waals surface area contributed by atoms with Crippen molar-refractivity contribution < 1.29 is 4.52 Å². The fourth-order valence-corrected chi connectivity index (χ4v) is 2.69. The summed E-state index contributed by atoms with van der Waals surface area (Å²) in [6.07, 6.45) is 1.97. The van der Waals surface area contributed by atoms with Gasteiger partial charge < -0.3 is 15.6 Å². The molecule has 0 unspecified atom stereocenters. The summed E-state index contributed by atoms with van der Waals surface area (Å²) in [5.74, 6) is 0.683. The van der Waals surface area contributed by atoms with Crippen molar-refractivity contribution in [1.29, 1.82) is 0 Å². The zero-order valence-electron chi connectivity index (χ0n) is 13.3. The molecule has 0 saturated heterocycles. The average molecular weight is 342 g/mol. The minimum Gasteiger partial charge on any atom is -0.353 e. The Kier molecular flexibility index (Phi) is 5.51. The van der Waals surface area contributed by atoms with Gasteiger partial charge in [0.05, 0.1) is 5.56 Å². The largest absolute Gasteiger partial charge is 0.353 e. The highest BCUT2D eigenvalue weighted by Crippen LogP contribution is 2.37. The van der Waals surface area contributed by atoms with Crippen molar-refractivity contribution in [3.8, 4) is 22.4 Å². The van der Waals surface area contributed by atoms with Crippen molar-refractivity contribution >= 4 is 17.5 Å². The molecule has 0 saturated carbocycles. The zero-order valence-corrected chi connectivity index (χ0v) is 14.1. The molecule has 1 aromatic heterocycles. The van der Waals surface area contributed by atoms with Gasteiger partial charge in [-0.2, -0.15) is 0 Å². The molecule has 4 nitrogen and oxygen atoms in total. The molecule has 0 bridgehead atoms. The second kappa shape index (κ2) is 7.99. The van der Waals surface area contributed by atoms with E-state index in [9.17, 15) is 0 Å². The van der Waals surface area contributed by atoms with Crippen LogP contribution in [-0.4, -0.2) is 18.2 Å². The zero-order chi connectivity index (χ0) is 16.8. The lowest BCUT2D eigenvalue weighted by Gasteiger charge is -2.07. The third-order valence-electron chi connectivity index (χ3n) is 3.79. The second-order valence-electron chi connectivity index (χ2n) is 5.53. The Morgan fingerprint density at radius 1 is 0.958 bits per heavy atom. The molecule has 3 aromatic rings. The van der Waals surface area contributed by atoms with Crippen LogP contribution in [0.2, 0.25) is 5.02 Å². The van der Waals surface area contributed by atoms with Gasteiger partial charge in [0.25, 0.3) is 0 Å². The van der Waals surface area contributed by atoms with Crippen molar-refractivity contribution in [3.63, 3.8) is 0 Å². The van der Waals surface area contributed by atoms with Crippen LogP contribution in [-0.2, 0) is 0 Å². The molecule has 0 fully saturated rings. The maximum absolute atomic E-state index is 5.99. The molecule has 24 heavy (non-hydrogen) atoms. The summed E-state index contributed by atoms with van der Waals surface area (Å²) in [7, 11) is 0. The first kappa shape index (κ1) is 16.6. The number of benzene rings is 2. The van der Waals surface area contributed by atoms with E-state index in [4.69, 9.17) is 21.9 Å². The van der Waals surface area contributed by atoms with Crippen molar-refractivity contribution in [1.82, 2.24) is 5.16 Å². The number of unbranched alkanes of at least 4 members (excludes halogenated alkanes) is 1. The maximum atomic E-state index is 5.99. The number of halogens is 1. The first-order chi connectivity index (χ1) is 11.8. The van der Waals surface area contributed by atoms with Crippen LogP contribution in [0.5, 0.6) is 0 Å². The molecule has 0 aliphatic rings. The first-order valence-electron chi connectivity index (χ1n) is 8.04. The topological polar surface area (TPSA) is 64.1 Å². The third-order valence-corrected chi connectivity index (χ3v) is 4.04. The monoisotopic (exact) mass is 341 g/mol. The van der Waals surface area contributed by atoms with Gasteiger partial charge >= 0.3 is 0 Å². The van der Waals surface area contributed by atoms with Gasteiger partial charge in [-0.05, 0) is 37.1 Å². The van der Waals surface area contributed by atoms with Gasteiger partial charge in [0.15, 0.2) is 0 Å². The van der Waals surface area contributed by atoms with Crippen molar-refractivity contribution in [3.05, 3.63) is 59.6 Å². The molecule has 0 radical (unpaired) electrons. The molecule has 5 heteroatoms. The van der Waals surface area contributed by atoms with Gasteiger partial charge in [0, 0.05) is 17.1 Å². The van der Waals surface area contributed by atoms with Crippen molar-refractivity contribution in [2.45, 2.75) is 12.8 Å². The molecule has 0 amide bonds. The van der Waals surface area contributed by atoms with Gasteiger partial charge in [-0.25, -0.2) is 0 Å². The lowest BCUT2D eigenvalue weighted by molar-refractivity contribution is 0.434. The molecule has 0 aliphatic carbocycles. The van der Waals surface area contributed by atoms with Crippen LogP contribution in [0, 0.1) is 0 Å². The normalized spacial score (nSPS) is 10.8. The number of nitrogens with zero attached hydrogens (tertiary/aromatic N) is 1. The smallest absolute Gasteiger partial charge is 0.233 e. The maximum Gasteiger partial charge on any atom is 0.233 e. The fraction of sp³-hybridized carbons (Fsp3) is 0.211. The number of aromatic nitrogens is 1. The highest BCUT2D eigenvalue weighted by Gasteiger charge is 2.19. The van der Waals surface area contributed by atoms with E-state index in [0.29, 0.717) is 17.5 Å². The Hall–Kier alpha value is -2.30. The molecule has 3 rings (SSSR count). The van der Waals surface area contributed by atoms with E-state index in [0.717, 1.165) is 41.8 Å². The molecular formula is C19H20ClN3O. The van der Waals surface area contributed by atoms with E-state index in [1.165, 1.54) is 0 Å². The summed E-state index contributed by atoms with van der Waals surface area (Å²) >= 11 is 5.99. The molecule has 2 aromatic carbocycles. The number of hydrogen-bond acceptors (Lipinski definition) is 4. The van der Waals surface area contributed by atoms with E-state index in [-0.39, 0.29) is 0 Å². The summed E-state index contributed by atoms with van der Waals surface area (Å²) in [6.45, 7) is 1.49. The lowest BCUT2D eigenvalue weighted by atomic mass is 10.0. The van der Waals surface area contributed by atoms with E-state index in [2.05, 4.69) is 22.6 Å². The predicted octanol–water partition coefficient (Wildman–Crippen LogP) is 4.81. The van der Waals surface area contributed by atoms with E-state index in [1.54, 1.807) is 0 Å². The number of hydrogen-bond donors (Lipinski definition) is 2. The number of nitrogens with one attached hydrogen (secondary N) is 1. The van der Waals surface area contributed by atoms with Gasteiger partial charge in [-0.15, -0.1) is 0 Å². The number of anilines is 1. The summed E-state index contributed by atoms with van der Waals surface area (Å²) in [5.41, 5.74) is 9.34. The van der Waals surface area contributed by atoms with Crippen LogP contribution in [0.25, 0.3) is 22.4 Å². The standard InChI is InChI=1S/C19H20ClN3O/c20-16-10-8-15(9-11-16)18-17(14-6-2-1-3-7-14)19(24-23-18)22-13-5-4-12-21/h1-3,6-11,22H,4-5,12-13,21H2. The quantitative estimate of drug-likeness (QED) is 0.605. The van der Waals surface area contributed by atoms with Crippen molar-refractivity contribution in [2.75, 3.05) is 18.4 Å². The molecular weight excluding hydrogens is 322 g/mol. The summed E-state index contributed by atoms with van der Waals surface area (Å²) in [6, 6.07) is 17.7. The van der Waals surface area contributed by atoms with E-state index in [1.807, 2.05) is 42.5 Å². The molecule has 0 spiro atoms. The summed E-state index contributed by atoms with van der Waals surface area (Å²) in [4.78, 5) is 0. The highest BCUT2D eigenvalue weighted by molar-refractivity contribution is 6.30. The predicted molar refractivity (Wildman–Crippen MR) is 99.2 cm³/mol. The Bertz CT molecular complexity index is 769. The molecule has 3 N–H and O–H groups in total. The SMILES string of the molecule is NCCCCNc1onc(-c2ccc(Cl)cc2)c1-c1ccccc1. The second-order valence-corrected chi connectivity index (χ2v) is 5.97. The van der Waals surface area contributed by atoms with E-state index >= 15 is 0 Å². The fourth-order valence-electron chi connectivity index (χ4n) is 2.56. The Morgan fingerprint density at radius 3 is 2.42 bits per heavy atom. The molecule has 0 aliphatic heterocycles. The van der Waals surface area contributed by atoms with Crippen LogP contribution in [0.3, 0.4) is 0 Å². The van der Waals surface area contributed by atoms with Gasteiger partial charge in [-0.3, -0.25) is 0 Å². The minimum absolute atomic E-state index is 0.683. The van der Waals surface area contributed by atoms with Crippen LogP contribution in [0.1, 0.15) is 12.8 Å². The van der Waals surface area contributed by atoms with Crippen LogP contribution >= 0.6 is 11.6 Å². The Balaban J connectivity index is 1.96. The van der Waals surface area contributed by atoms with Crippen LogP contribution in [0.15, 0.2) is 59.1 Å². The van der Waals surface area contributed by atoms with Gasteiger partial charge in [0.2, 0.25) is 5.88 Å². The summed E-state index contributed by atoms with van der Waals surface area (Å²) < 4.78 is 5.59. The average Bonchev–Trinajstić information content (AvgIpc) is 3.04. The van der Waals surface area contributed by atoms with E-state index < -0.39 is 0 Å². The van der Waals surface area contributed by atoms with Gasteiger partial charge in [-0.1, -0.05) is 59.2 Å². The highest BCUT2D eigenvalue weighted by atomic mass is 35.5. The lowest BCUT2D eigenvalue weighted by Crippen LogP contribution is -2.05. The minimum atomic E-state index is 0.683. The first-order valence-corrected chi connectivity index (χ1v) is 8.42. The Morgan fingerprint density at radius 2 is 1.71 bits per heavy atom.